The van der Waals surface area contributed by atoms with E-state index in [-0.39, 0.29) is 23.0 Å². The number of carbonyl (C=O) groups excluding carboxylic acids is 1. The predicted molar refractivity (Wildman–Crippen MR) is 84.1 cm³/mol. The quantitative estimate of drug-likeness (QED) is 0.723. The first kappa shape index (κ1) is 15.1. The number of aliphatic hydroxyl groups is 2. The first-order valence-corrected chi connectivity index (χ1v) is 9.21. The van der Waals surface area contributed by atoms with Crippen LogP contribution in [0.25, 0.3) is 0 Å². The van der Waals surface area contributed by atoms with Gasteiger partial charge in [0.15, 0.2) is 0 Å². The summed E-state index contributed by atoms with van der Waals surface area (Å²) >= 11 is 0. The number of aliphatic hydroxyl groups excluding tert-OH is 2. The fourth-order valence-electron chi connectivity index (χ4n) is 7.21. The molecule has 8 atom stereocenters. The molecule has 4 saturated carbocycles. The Bertz CT molecular complexity index is 489. The molecule has 4 aliphatic carbocycles. The van der Waals surface area contributed by atoms with Gasteiger partial charge in [0.05, 0.1) is 12.2 Å². The van der Waals surface area contributed by atoms with Crippen LogP contribution >= 0.6 is 0 Å². The van der Waals surface area contributed by atoms with Gasteiger partial charge in [0.2, 0.25) is 0 Å². The van der Waals surface area contributed by atoms with Crippen molar-refractivity contribution in [1.82, 2.24) is 0 Å². The standard InChI is InChI=1S/C19H30O3/c1-18-9-13(21)8-15(18)14-4-3-11-7-12(20)5-6-19(11,2)17(14)16(22)10-18/h11,13-17,21-22H,3-10H2,1-2H3/t11-,13+,14-,15-,16+,17+,18-,19-/m0/s1. The largest absolute Gasteiger partial charge is 0.393 e. The minimum absolute atomic E-state index is 0.119. The summed E-state index contributed by atoms with van der Waals surface area (Å²) in [5.74, 6) is 2.34. The molecule has 22 heavy (non-hydrogen) atoms. The molecule has 0 heterocycles. The van der Waals surface area contributed by atoms with E-state index in [0.29, 0.717) is 35.9 Å². The zero-order chi connectivity index (χ0) is 15.7. The van der Waals surface area contributed by atoms with Crippen LogP contribution in [0.1, 0.15) is 65.2 Å². The summed E-state index contributed by atoms with van der Waals surface area (Å²) in [6, 6.07) is 0. The Hall–Kier alpha value is -0.410. The van der Waals surface area contributed by atoms with Gasteiger partial charge in [0.25, 0.3) is 0 Å². The predicted octanol–water partition coefficient (Wildman–Crippen LogP) is 2.93. The third kappa shape index (κ3) is 1.97. The molecule has 0 aromatic rings. The van der Waals surface area contributed by atoms with Crippen LogP contribution in [0.2, 0.25) is 0 Å². The average Bonchev–Trinajstić information content (AvgIpc) is 2.73. The van der Waals surface area contributed by atoms with Gasteiger partial charge in [-0.3, -0.25) is 4.79 Å². The van der Waals surface area contributed by atoms with E-state index in [4.69, 9.17) is 0 Å². The van der Waals surface area contributed by atoms with E-state index in [1.54, 1.807) is 0 Å². The van der Waals surface area contributed by atoms with E-state index in [0.717, 1.165) is 44.9 Å². The molecule has 124 valence electrons. The molecule has 4 rings (SSSR count). The van der Waals surface area contributed by atoms with E-state index >= 15 is 0 Å². The molecule has 2 N–H and O–H groups in total. The third-order valence-corrected chi connectivity index (χ3v) is 8.15. The van der Waals surface area contributed by atoms with Gasteiger partial charge in [-0.05, 0) is 73.0 Å². The number of rotatable bonds is 0. The molecule has 0 aliphatic heterocycles. The second-order valence-electron chi connectivity index (χ2n) is 9.34. The van der Waals surface area contributed by atoms with Gasteiger partial charge in [-0.2, -0.15) is 0 Å². The van der Waals surface area contributed by atoms with Crippen LogP contribution in [-0.4, -0.2) is 28.2 Å². The summed E-state index contributed by atoms with van der Waals surface area (Å²) in [6.07, 6.45) is 6.86. The van der Waals surface area contributed by atoms with Crippen LogP contribution in [0.3, 0.4) is 0 Å². The fraction of sp³-hybridized carbons (Fsp3) is 0.947. The molecule has 3 heteroatoms. The van der Waals surface area contributed by atoms with Gasteiger partial charge in [-0.15, -0.1) is 0 Å². The fourth-order valence-corrected chi connectivity index (χ4v) is 7.21. The molecule has 0 spiro atoms. The van der Waals surface area contributed by atoms with E-state index in [1.165, 1.54) is 0 Å². The Balaban J connectivity index is 1.68. The summed E-state index contributed by atoms with van der Waals surface area (Å²) in [5, 5.41) is 21.2. The van der Waals surface area contributed by atoms with Crippen molar-refractivity contribution < 1.29 is 15.0 Å². The maximum absolute atomic E-state index is 11.9. The summed E-state index contributed by atoms with van der Waals surface area (Å²) in [6.45, 7) is 4.63. The highest BCUT2D eigenvalue weighted by Gasteiger charge is 2.61. The maximum atomic E-state index is 11.9. The highest BCUT2D eigenvalue weighted by atomic mass is 16.3. The van der Waals surface area contributed by atoms with Crippen molar-refractivity contribution in [2.24, 2.45) is 34.5 Å². The topological polar surface area (TPSA) is 57.5 Å². The maximum Gasteiger partial charge on any atom is 0.133 e. The molecule has 0 saturated heterocycles. The zero-order valence-corrected chi connectivity index (χ0v) is 13.9. The summed E-state index contributed by atoms with van der Waals surface area (Å²) in [5.41, 5.74) is 0.249. The smallest absolute Gasteiger partial charge is 0.133 e. The first-order valence-electron chi connectivity index (χ1n) is 9.21. The second kappa shape index (κ2) is 4.80. The summed E-state index contributed by atoms with van der Waals surface area (Å²) in [7, 11) is 0. The number of hydrogen-bond donors (Lipinski definition) is 2. The molecular formula is C19H30O3. The highest BCUT2D eigenvalue weighted by Crippen LogP contribution is 2.65. The molecule has 0 unspecified atom stereocenters. The lowest BCUT2D eigenvalue weighted by atomic mass is 9.44. The van der Waals surface area contributed by atoms with Crippen molar-refractivity contribution in [3.63, 3.8) is 0 Å². The molecule has 4 aliphatic rings. The number of carbonyl (C=O) groups is 1. The SMILES string of the molecule is C[C@@]12C[C@H](O)C[C@H]1[C@@H]1CC[C@H]3CC(=O)CC[C@]3(C)[C@H]1[C@H](O)C2. The first-order chi connectivity index (χ1) is 10.3. The summed E-state index contributed by atoms with van der Waals surface area (Å²) < 4.78 is 0. The van der Waals surface area contributed by atoms with Crippen molar-refractivity contribution in [3.05, 3.63) is 0 Å². The van der Waals surface area contributed by atoms with Crippen molar-refractivity contribution >= 4 is 5.78 Å². The van der Waals surface area contributed by atoms with Crippen molar-refractivity contribution in [2.45, 2.75) is 77.4 Å². The van der Waals surface area contributed by atoms with Gasteiger partial charge >= 0.3 is 0 Å². The molecule has 4 fully saturated rings. The second-order valence-corrected chi connectivity index (χ2v) is 9.34. The lowest BCUT2D eigenvalue weighted by Gasteiger charge is -2.61. The highest BCUT2D eigenvalue weighted by molar-refractivity contribution is 5.79. The normalized spacial score (nSPS) is 57.9. The minimum atomic E-state index is -0.252. The van der Waals surface area contributed by atoms with Crippen molar-refractivity contribution in [1.29, 1.82) is 0 Å². The molecule has 0 radical (unpaired) electrons. The lowest BCUT2D eigenvalue weighted by molar-refractivity contribution is -0.167. The Morgan fingerprint density at radius 2 is 1.91 bits per heavy atom. The van der Waals surface area contributed by atoms with Gasteiger partial charge in [0.1, 0.15) is 5.78 Å². The number of Topliss-reactive ketones (excluding diaryl/α,β-unsaturated/α-hetero) is 1. The van der Waals surface area contributed by atoms with E-state index in [1.807, 2.05) is 0 Å². The van der Waals surface area contributed by atoms with Gasteiger partial charge in [-0.1, -0.05) is 13.8 Å². The monoisotopic (exact) mass is 306 g/mol. The third-order valence-electron chi connectivity index (χ3n) is 8.15. The molecular weight excluding hydrogens is 276 g/mol. The van der Waals surface area contributed by atoms with Gasteiger partial charge in [-0.25, -0.2) is 0 Å². The van der Waals surface area contributed by atoms with E-state index in [2.05, 4.69) is 13.8 Å². The Morgan fingerprint density at radius 3 is 2.68 bits per heavy atom. The van der Waals surface area contributed by atoms with Crippen LogP contribution in [0.5, 0.6) is 0 Å². The Labute approximate surface area is 133 Å². The minimum Gasteiger partial charge on any atom is -0.393 e. The number of ketones is 1. The molecule has 3 nitrogen and oxygen atoms in total. The summed E-state index contributed by atoms with van der Waals surface area (Å²) in [4.78, 5) is 11.9. The van der Waals surface area contributed by atoms with Crippen molar-refractivity contribution in [3.8, 4) is 0 Å². The number of fused-ring (bicyclic) bond motifs is 5. The van der Waals surface area contributed by atoms with Gasteiger partial charge < -0.3 is 10.2 Å². The van der Waals surface area contributed by atoms with Crippen LogP contribution < -0.4 is 0 Å². The van der Waals surface area contributed by atoms with Crippen LogP contribution in [0.15, 0.2) is 0 Å². The lowest BCUT2D eigenvalue weighted by Crippen LogP contribution is -2.58. The van der Waals surface area contributed by atoms with E-state index < -0.39 is 0 Å². The van der Waals surface area contributed by atoms with E-state index in [9.17, 15) is 15.0 Å². The van der Waals surface area contributed by atoms with Crippen molar-refractivity contribution in [2.75, 3.05) is 0 Å². The Morgan fingerprint density at radius 1 is 1.14 bits per heavy atom. The number of hydrogen-bond acceptors (Lipinski definition) is 3. The Kier molecular flexibility index (Phi) is 3.30. The molecule has 0 aromatic carbocycles. The van der Waals surface area contributed by atoms with Crippen LogP contribution in [0.4, 0.5) is 0 Å². The molecule has 0 bridgehead atoms. The zero-order valence-electron chi connectivity index (χ0n) is 13.9. The average molecular weight is 306 g/mol. The van der Waals surface area contributed by atoms with Crippen LogP contribution in [-0.2, 0) is 4.79 Å². The molecule has 0 amide bonds. The van der Waals surface area contributed by atoms with Gasteiger partial charge in [0, 0.05) is 12.8 Å². The molecule has 0 aromatic heterocycles. The van der Waals surface area contributed by atoms with Crippen LogP contribution in [0, 0.1) is 34.5 Å².